The average molecular weight is 304 g/mol. The summed E-state index contributed by atoms with van der Waals surface area (Å²) in [6.45, 7) is 5.84. The van der Waals surface area contributed by atoms with E-state index in [-0.39, 0.29) is 0 Å². The molecule has 0 aliphatic heterocycles. The van der Waals surface area contributed by atoms with Crippen molar-refractivity contribution >= 4 is 5.97 Å². The number of hydrogen-bond acceptors (Lipinski definition) is 5. The van der Waals surface area contributed by atoms with Gasteiger partial charge in [0.1, 0.15) is 5.75 Å². The van der Waals surface area contributed by atoms with Gasteiger partial charge in [0.2, 0.25) is 5.82 Å². The Morgan fingerprint density at radius 3 is 2.59 bits per heavy atom. The van der Waals surface area contributed by atoms with Crippen LogP contribution in [0.1, 0.15) is 33.6 Å². The molecule has 1 aromatic carbocycles. The van der Waals surface area contributed by atoms with Crippen LogP contribution in [0.4, 0.5) is 0 Å². The Balaban J connectivity index is 2.13. The number of rotatable bonds is 7. The summed E-state index contributed by atoms with van der Waals surface area (Å²) in [5, 5.41) is 21.1. The van der Waals surface area contributed by atoms with Gasteiger partial charge >= 0.3 is 5.97 Å². The number of carbonyl (C=O) groups is 1. The Labute approximate surface area is 128 Å². The second kappa shape index (κ2) is 6.55. The lowest BCUT2D eigenvalue weighted by Crippen LogP contribution is -2.37. The molecule has 1 N–H and O–H groups in total. The second-order valence-electron chi connectivity index (χ2n) is 5.49. The van der Waals surface area contributed by atoms with E-state index in [2.05, 4.69) is 22.3 Å². The zero-order valence-electron chi connectivity index (χ0n) is 13.0. The second-order valence-corrected chi connectivity index (χ2v) is 5.49. The molecule has 118 valence electrons. The van der Waals surface area contributed by atoms with Crippen molar-refractivity contribution in [3.05, 3.63) is 24.3 Å². The van der Waals surface area contributed by atoms with Crippen molar-refractivity contribution in [1.82, 2.24) is 20.2 Å². The highest BCUT2D eigenvalue weighted by atomic mass is 16.5. The number of aliphatic carboxylic acids is 1. The van der Waals surface area contributed by atoms with Crippen molar-refractivity contribution in [1.29, 1.82) is 0 Å². The third kappa shape index (κ3) is 3.41. The van der Waals surface area contributed by atoms with E-state index in [4.69, 9.17) is 9.84 Å². The quantitative estimate of drug-likeness (QED) is 0.790. The molecule has 0 fully saturated rings. The van der Waals surface area contributed by atoms with E-state index >= 15 is 0 Å². The van der Waals surface area contributed by atoms with Gasteiger partial charge in [0, 0.05) is 5.56 Å². The minimum absolute atomic E-state index is 0.384. The molecule has 2 rings (SSSR count). The van der Waals surface area contributed by atoms with Crippen molar-refractivity contribution in [3.63, 3.8) is 0 Å². The maximum Gasteiger partial charge on any atom is 0.333 e. The van der Waals surface area contributed by atoms with Gasteiger partial charge in [0.05, 0.1) is 6.61 Å². The summed E-state index contributed by atoms with van der Waals surface area (Å²) in [6, 6.07) is 7.34. The summed E-state index contributed by atoms with van der Waals surface area (Å²) in [4.78, 5) is 12.3. The fourth-order valence-corrected chi connectivity index (χ4v) is 1.69. The summed E-state index contributed by atoms with van der Waals surface area (Å²) in [5.41, 5.74) is -0.482. The molecule has 2 aromatic rings. The number of hydrogen-bond donors (Lipinski definition) is 1. The Hall–Kier alpha value is -2.44. The summed E-state index contributed by atoms with van der Waals surface area (Å²) in [7, 11) is 0. The van der Waals surface area contributed by atoms with Crippen LogP contribution in [0.15, 0.2) is 24.3 Å². The van der Waals surface area contributed by atoms with E-state index in [1.165, 1.54) is 13.8 Å². The van der Waals surface area contributed by atoms with E-state index in [1.807, 2.05) is 24.3 Å². The number of unbranched alkanes of at least 4 members (excludes halogenated alkanes) is 1. The molecule has 0 saturated carbocycles. The summed E-state index contributed by atoms with van der Waals surface area (Å²) >= 11 is 0. The number of carboxylic acids is 1. The fraction of sp³-hybridized carbons (Fsp3) is 0.467. The fourth-order valence-electron chi connectivity index (χ4n) is 1.69. The first-order valence-corrected chi connectivity index (χ1v) is 7.22. The minimum Gasteiger partial charge on any atom is -0.494 e. The van der Waals surface area contributed by atoms with Crippen LogP contribution in [0.2, 0.25) is 0 Å². The molecule has 0 unspecified atom stereocenters. The SMILES string of the molecule is CCCCOc1ccc(-c2nnn(C(C)(C)C(=O)O)n2)cc1. The monoisotopic (exact) mass is 304 g/mol. The van der Waals surface area contributed by atoms with Gasteiger partial charge in [-0.05, 0) is 49.7 Å². The Bertz CT molecular complexity index is 634. The molecule has 0 amide bonds. The van der Waals surface area contributed by atoms with Gasteiger partial charge < -0.3 is 9.84 Å². The largest absolute Gasteiger partial charge is 0.494 e. The molecule has 7 heteroatoms. The standard InChI is InChI=1S/C15H20N4O3/c1-4-5-10-22-12-8-6-11(7-9-12)13-16-18-19(17-13)15(2,3)14(20)21/h6-9H,4-5,10H2,1-3H3,(H,20,21). The van der Waals surface area contributed by atoms with E-state index in [0.717, 1.165) is 29.0 Å². The van der Waals surface area contributed by atoms with Gasteiger partial charge in [-0.2, -0.15) is 0 Å². The highest BCUT2D eigenvalue weighted by Crippen LogP contribution is 2.20. The van der Waals surface area contributed by atoms with Gasteiger partial charge in [-0.15, -0.1) is 15.0 Å². The van der Waals surface area contributed by atoms with Gasteiger partial charge in [-0.1, -0.05) is 13.3 Å². The molecule has 7 nitrogen and oxygen atoms in total. The smallest absolute Gasteiger partial charge is 0.333 e. The van der Waals surface area contributed by atoms with E-state index in [9.17, 15) is 4.79 Å². The molecular formula is C15H20N4O3. The predicted octanol–water partition coefficient (Wildman–Crippen LogP) is 2.34. The van der Waals surface area contributed by atoms with E-state index in [0.29, 0.717) is 12.4 Å². The van der Waals surface area contributed by atoms with Crippen LogP contribution in [0.3, 0.4) is 0 Å². The highest BCUT2D eigenvalue weighted by molar-refractivity contribution is 5.75. The average Bonchev–Trinajstić information content (AvgIpc) is 2.98. The van der Waals surface area contributed by atoms with Crippen LogP contribution in [-0.2, 0) is 10.3 Å². The van der Waals surface area contributed by atoms with Crippen molar-refractivity contribution < 1.29 is 14.6 Å². The molecule has 0 bridgehead atoms. The molecule has 22 heavy (non-hydrogen) atoms. The van der Waals surface area contributed by atoms with Gasteiger partial charge in [-0.3, -0.25) is 0 Å². The van der Waals surface area contributed by atoms with Crippen LogP contribution in [0.25, 0.3) is 11.4 Å². The minimum atomic E-state index is -1.24. The van der Waals surface area contributed by atoms with Crippen molar-refractivity contribution in [2.75, 3.05) is 6.61 Å². The lowest BCUT2D eigenvalue weighted by atomic mass is 10.1. The molecule has 0 aliphatic carbocycles. The number of nitrogens with zero attached hydrogens (tertiary/aromatic N) is 4. The van der Waals surface area contributed by atoms with E-state index in [1.54, 1.807) is 0 Å². The lowest BCUT2D eigenvalue weighted by molar-refractivity contribution is -0.146. The third-order valence-electron chi connectivity index (χ3n) is 3.32. The van der Waals surface area contributed by atoms with Crippen LogP contribution < -0.4 is 4.74 Å². The first kappa shape index (κ1) is 15.9. The first-order valence-electron chi connectivity index (χ1n) is 7.22. The maximum absolute atomic E-state index is 11.2. The zero-order chi connectivity index (χ0) is 16.2. The number of tetrazole rings is 1. The number of benzene rings is 1. The first-order chi connectivity index (χ1) is 10.4. The van der Waals surface area contributed by atoms with E-state index < -0.39 is 11.5 Å². The molecule has 0 aliphatic rings. The summed E-state index contributed by atoms with van der Waals surface area (Å²) < 4.78 is 5.59. The zero-order valence-corrected chi connectivity index (χ0v) is 13.0. The Morgan fingerprint density at radius 2 is 2.00 bits per heavy atom. The van der Waals surface area contributed by atoms with Gasteiger partial charge in [-0.25, -0.2) is 4.79 Å². The molecule has 0 radical (unpaired) electrons. The number of ether oxygens (including phenoxy) is 1. The Morgan fingerprint density at radius 1 is 1.32 bits per heavy atom. The predicted molar refractivity (Wildman–Crippen MR) is 80.6 cm³/mol. The van der Waals surface area contributed by atoms with Crippen LogP contribution >= 0.6 is 0 Å². The molecule has 1 heterocycles. The third-order valence-corrected chi connectivity index (χ3v) is 3.32. The molecular weight excluding hydrogens is 284 g/mol. The lowest BCUT2D eigenvalue weighted by Gasteiger charge is -2.16. The molecule has 1 aromatic heterocycles. The normalized spacial score (nSPS) is 11.4. The summed E-state index contributed by atoms with van der Waals surface area (Å²) in [6.07, 6.45) is 2.10. The molecule has 0 atom stereocenters. The van der Waals surface area contributed by atoms with Crippen LogP contribution in [0.5, 0.6) is 5.75 Å². The van der Waals surface area contributed by atoms with Gasteiger partial charge in [0.25, 0.3) is 0 Å². The Kier molecular flexibility index (Phi) is 4.75. The van der Waals surface area contributed by atoms with Crippen molar-refractivity contribution in [3.8, 4) is 17.1 Å². The topological polar surface area (TPSA) is 90.1 Å². The van der Waals surface area contributed by atoms with Crippen molar-refractivity contribution in [2.45, 2.75) is 39.2 Å². The maximum atomic E-state index is 11.2. The van der Waals surface area contributed by atoms with Crippen LogP contribution in [-0.4, -0.2) is 37.9 Å². The van der Waals surface area contributed by atoms with Gasteiger partial charge in [0.15, 0.2) is 5.54 Å². The highest BCUT2D eigenvalue weighted by Gasteiger charge is 2.32. The van der Waals surface area contributed by atoms with Crippen molar-refractivity contribution in [2.24, 2.45) is 0 Å². The number of carboxylic acid groups (broad SMARTS) is 1. The summed E-state index contributed by atoms with van der Waals surface area (Å²) in [5.74, 6) is 0.154. The molecule has 0 saturated heterocycles. The number of aromatic nitrogens is 4. The van der Waals surface area contributed by atoms with Crippen LogP contribution in [0, 0.1) is 0 Å². The molecule has 0 spiro atoms.